The minimum Gasteiger partial charge on any atom is -0.426 e. The van der Waals surface area contributed by atoms with Crippen LogP contribution in [-0.2, 0) is 22.0 Å². The van der Waals surface area contributed by atoms with E-state index in [0.717, 1.165) is 37.2 Å². The molecular weight excluding hydrogens is 334 g/mol. The number of esters is 1. The zero-order chi connectivity index (χ0) is 19.2. The first kappa shape index (κ1) is 18.1. The average Bonchev–Trinajstić information content (AvgIpc) is 2.61. The van der Waals surface area contributed by atoms with Crippen LogP contribution in [0.15, 0.2) is 42.5 Å². The third-order valence-electron chi connectivity index (χ3n) is 6.29. The molecule has 0 atom stereocenters. The zero-order valence-electron chi connectivity index (χ0n) is 16.8. The minimum atomic E-state index is -0.194. The van der Waals surface area contributed by atoms with E-state index in [2.05, 4.69) is 38.7 Å². The Morgan fingerprint density at radius 3 is 2.33 bits per heavy atom. The Morgan fingerprint density at radius 2 is 1.63 bits per heavy atom. The normalized spacial score (nSPS) is 19.3. The molecule has 4 rings (SSSR count). The molecule has 0 aliphatic carbocycles. The SMILES string of the molecule is CC1(C)CCN2CCC(C)(C)c3c(OC(=O)Cc4ccccc4)ccc1c32. The van der Waals surface area contributed by atoms with Crippen LogP contribution in [0.25, 0.3) is 0 Å². The molecule has 2 aliphatic rings. The highest BCUT2D eigenvalue weighted by molar-refractivity contribution is 5.78. The molecule has 0 saturated carbocycles. The first-order valence-electron chi connectivity index (χ1n) is 9.95. The monoisotopic (exact) mass is 363 g/mol. The predicted molar refractivity (Wildman–Crippen MR) is 110 cm³/mol. The second-order valence-corrected chi connectivity index (χ2v) is 9.23. The number of hydrogen-bond acceptors (Lipinski definition) is 3. The van der Waals surface area contributed by atoms with Gasteiger partial charge in [0.1, 0.15) is 5.75 Å². The summed E-state index contributed by atoms with van der Waals surface area (Å²) in [4.78, 5) is 15.1. The molecule has 142 valence electrons. The van der Waals surface area contributed by atoms with Crippen molar-refractivity contribution in [1.29, 1.82) is 0 Å². The molecule has 2 heterocycles. The summed E-state index contributed by atoms with van der Waals surface area (Å²) >= 11 is 0. The van der Waals surface area contributed by atoms with Crippen LogP contribution in [-0.4, -0.2) is 19.1 Å². The number of carbonyl (C=O) groups excluding carboxylic acids is 1. The van der Waals surface area contributed by atoms with Gasteiger partial charge in [-0.25, -0.2) is 0 Å². The maximum Gasteiger partial charge on any atom is 0.315 e. The van der Waals surface area contributed by atoms with Crippen LogP contribution in [0, 0.1) is 0 Å². The molecule has 3 nitrogen and oxygen atoms in total. The van der Waals surface area contributed by atoms with Crippen molar-refractivity contribution in [2.45, 2.75) is 57.8 Å². The molecule has 0 spiro atoms. The van der Waals surface area contributed by atoms with Crippen molar-refractivity contribution in [1.82, 2.24) is 0 Å². The number of anilines is 1. The van der Waals surface area contributed by atoms with Gasteiger partial charge >= 0.3 is 5.97 Å². The molecule has 0 unspecified atom stereocenters. The number of benzene rings is 2. The van der Waals surface area contributed by atoms with Gasteiger partial charge in [-0.2, -0.15) is 0 Å². The molecular formula is C24H29NO2. The summed E-state index contributed by atoms with van der Waals surface area (Å²) in [5, 5.41) is 0. The number of rotatable bonds is 3. The second kappa shape index (κ2) is 6.40. The topological polar surface area (TPSA) is 29.5 Å². The molecule has 0 aromatic heterocycles. The predicted octanol–water partition coefficient (Wildman–Crippen LogP) is 5.00. The van der Waals surface area contributed by atoms with Crippen LogP contribution in [0.1, 0.15) is 57.2 Å². The van der Waals surface area contributed by atoms with E-state index in [1.807, 2.05) is 36.4 Å². The van der Waals surface area contributed by atoms with Crippen LogP contribution in [0.5, 0.6) is 5.75 Å². The van der Waals surface area contributed by atoms with Crippen molar-refractivity contribution >= 4 is 11.7 Å². The standard InChI is InChI=1S/C24H29NO2/c1-23(2)12-14-25-15-13-24(3,4)21-19(11-10-18(23)22(21)25)27-20(26)16-17-8-6-5-7-9-17/h5-11H,12-16H2,1-4H3. The molecule has 0 saturated heterocycles. The van der Waals surface area contributed by atoms with E-state index in [0.29, 0.717) is 6.42 Å². The number of hydrogen-bond donors (Lipinski definition) is 0. The number of nitrogens with zero attached hydrogens (tertiary/aromatic N) is 1. The summed E-state index contributed by atoms with van der Waals surface area (Å²) in [5.41, 5.74) is 5.04. The van der Waals surface area contributed by atoms with Crippen LogP contribution in [0.3, 0.4) is 0 Å². The summed E-state index contributed by atoms with van der Waals surface area (Å²) in [5.74, 6) is 0.544. The lowest BCUT2D eigenvalue weighted by molar-refractivity contribution is -0.133. The van der Waals surface area contributed by atoms with Crippen molar-refractivity contribution in [3.05, 3.63) is 59.2 Å². The molecule has 0 N–H and O–H groups in total. The Labute approximate surface area is 162 Å². The van der Waals surface area contributed by atoms with Gasteiger partial charge in [-0.3, -0.25) is 4.79 Å². The lowest BCUT2D eigenvalue weighted by Gasteiger charge is -2.48. The Bertz CT molecular complexity index is 865. The smallest absolute Gasteiger partial charge is 0.315 e. The minimum absolute atomic E-state index is 0.00236. The second-order valence-electron chi connectivity index (χ2n) is 9.23. The fraction of sp³-hybridized carbons (Fsp3) is 0.458. The van der Waals surface area contributed by atoms with E-state index in [4.69, 9.17) is 4.74 Å². The van der Waals surface area contributed by atoms with Gasteiger partial charge in [0, 0.05) is 24.3 Å². The van der Waals surface area contributed by atoms with Gasteiger partial charge < -0.3 is 9.64 Å². The fourth-order valence-electron chi connectivity index (χ4n) is 4.53. The fourth-order valence-corrected chi connectivity index (χ4v) is 4.53. The van der Waals surface area contributed by atoms with Crippen molar-refractivity contribution < 1.29 is 9.53 Å². The van der Waals surface area contributed by atoms with Crippen molar-refractivity contribution in [3.8, 4) is 5.75 Å². The van der Waals surface area contributed by atoms with Crippen molar-refractivity contribution in [2.24, 2.45) is 0 Å². The quantitative estimate of drug-likeness (QED) is 0.567. The summed E-state index contributed by atoms with van der Waals surface area (Å²) in [7, 11) is 0. The van der Waals surface area contributed by atoms with E-state index < -0.39 is 0 Å². The lowest BCUT2D eigenvalue weighted by atomic mass is 9.69. The van der Waals surface area contributed by atoms with Crippen LogP contribution in [0.4, 0.5) is 5.69 Å². The molecule has 3 heteroatoms. The molecule has 2 aliphatic heterocycles. The van der Waals surface area contributed by atoms with E-state index in [-0.39, 0.29) is 16.8 Å². The van der Waals surface area contributed by atoms with Gasteiger partial charge in [-0.15, -0.1) is 0 Å². The van der Waals surface area contributed by atoms with Crippen LogP contribution in [0.2, 0.25) is 0 Å². The first-order chi connectivity index (χ1) is 12.8. The zero-order valence-corrected chi connectivity index (χ0v) is 16.8. The highest BCUT2D eigenvalue weighted by Crippen LogP contribution is 2.52. The largest absolute Gasteiger partial charge is 0.426 e. The van der Waals surface area contributed by atoms with Crippen molar-refractivity contribution in [2.75, 3.05) is 18.0 Å². The lowest BCUT2D eigenvalue weighted by Crippen LogP contribution is -2.44. The summed E-state index contributed by atoms with van der Waals surface area (Å²) in [6, 6.07) is 14.0. The van der Waals surface area contributed by atoms with Gasteiger partial charge in [-0.05, 0) is 40.9 Å². The van der Waals surface area contributed by atoms with Gasteiger partial charge in [0.25, 0.3) is 0 Å². The molecule has 0 amide bonds. The molecule has 2 aromatic carbocycles. The summed E-state index contributed by atoms with van der Waals surface area (Å²) < 4.78 is 5.93. The molecule has 0 fully saturated rings. The van der Waals surface area contributed by atoms with E-state index >= 15 is 0 Å². The summed E-state index contributed by atoms with van der Waals surface area (Å²) in [6.07, 6.45) is 2.53. The Morgan fingerprint density at radius 1 is 0.963 bits per heavy atom. The van der Waals surface area contributed by atoms with Crippen molar-refractivity contribution in [3.63, 3.8) is 0 Å². The van der Waals surface area contributed by atoms with E-state index in [9.17, 15) is 4.79 Å². The third kappa shape index (κ3) is 3.24. The first-order valence-corrected chi connectivity index (χ1v) is 9.95. The van der Waals surface area contributed by atoms with Gasteiger partial charge in [0.2, 0.25) is 0 Å². The molecule has 0 bridgehead atoms. The summed E-state index contributed by atoms with van der Waals surface area (Å²) in [6.45, 7) is 11.3. The molecule has 2 aromatic rings. The number of carbonyl (C=O) groups is 1. The van der Waals surface area contributed by atoms with Gasteiger partial charge in [0.05, 0.1) is 6.42 Å². The Hall–Kier alpha value is -2.29. The molecule has 0 radical (unpaired) electrons. The highest BCUT2D eigenvalue weighted by Gasteiger charge is 2.41. The maximum atomic E-state index is 12.6. The highest BCUT2D eigenvalue weighted by atomic mass is 16.5. The molecule has 27 heavy (non-hydrogen) atoms. The Balaban J connectivity index is 1.72. The third-order valence-corrected chi connectivity index (χ3v) is 6.29. The average molecular weight is 364 g/mol. The Kier molecular flexibility index (Phi) is 4.29. The van der Waals surface area contributed by atoms with Crippen LogP contribution < -0.4 is 9.64 Å². The van der Waals surface area contributed by atoms with E-state index in [1.165, 1.54) is 16.8 Å². The van der Waals surface area contributed by atoms with E-state index in [1.54, 1.807) is 0 Å². The number of ether oxygens (including phenoxy) is 1. The van der Waals surface area contributed by atoms with Gasteiger partial charge in [-0.1, -0.05) is 64.1 Å². The maximum absolute atomic E-state index is 12.6. The van der Waals surface area contributed by atoms with Crippen LogP contribution >= 0.6 is 0 Å². The van der Waals surface area contributed by atoms with Gasteiger partial charge in [0.15, 0.2) is 0 Å².